The molecule has 0 aliphatic rings. The molecule has 0 heterocycles. The molecule has 0 atom stereocenters. The molecule has 16 heavy (non-hydrogen) atoms. The first-order chi connectivity index (χ1) is 7.74. The molecule has 2 N–H and O–H groups in total. The number of allylic oxidation sites excluding steroid dienone is 1. The quantitative estimate of drug-likeness (QED) is 0.805. The molecule has 0 unspecified atom stereocenters. The Morgan fingerprint density at radius 2 is 2.19 bits per heavy atom. The minimum atomic E-state index is -0.283. The van der Waals surface area contributed by atoms with E-state index in [4.69, 9.17) is 0 Å². The number of rotatable bonds is 4. The molecule has 86 valence electrons. The summed E-state index contributed by atoms with van der Waals surface area (Å²) in [6.45, 7) is 2.21. The first-order valence-corrected chi connectivity index (χ1v) is 5.13. The third-order valence-corrected chi connectivity index (χ3v) is 2.02. The third-order valence-electron chi connectivity index (χ3n) is 2.02. The zero-order valence-corrected chi connectivity index (χ0v) is 9.16. The van der Waals surface area contributed by atoms with Crippen molar-refractivity contribution < 1.29 is 9.18 Å². The van der Waals surface area contributed by atoms with Gasteiger partial charge in [-0.2, -0.15) is 0 Å². The van der Waals surface area contributed by atoms with E-state index in [0.29, 0.717) is 18.5 Å². The fraction of sp³-hybridized carbons (Fsp3) is 0.250. The number of benzene rings is 1. The van der Waals surface area contributed by atoms with Crippen molar-refractivity contribution in [3.8, 4) is 0 Å². The fourth-order valence-corrected chi connectivity index (χ4v) is 1.22. The van der Waals surface area contributed by atoms with Gasteiger partial charge in [0, 0.05) is 12.7 Å². The van der Waals surface area contributed by atoms with Gasteiger partial charge in [0.05, 0.1) is 0 Å². The Labute approximate surface area is 94.4 Å². The first kappa shape index (κ1) is 12.2. The molecule has 0 bridgehead atoms. The molecule has 3 nitrogen and oxygen atoms in total. The van der Waals surface area contributed by atoms with Crippen molar-refractivity contribution in [3.05, 3.63) is 47.9 Å². The Morgan fingerprint density at radius 1 is 1.44 bits per heavy atom. The Bertz CT molecular complexity index is 377. The van der Waals surface area contributed by atoms with E-state index in [9.17, 15) is 9.18 Å². The molecule has 0 radical (unpaired) electrons. The summed E-state index contributed by atoms with van der Waals surface area (Å²) in [4.78, 5) is 11.1. The molecule has 0 spiro atoms. The van der Waals surface area contributed by atoms with Crippen LogP contribution in [0.2, 0.25) is 0 Å². The van der Waals surface area contributed by atoms with Crippen molar-refractivity contribution in [1.29, 1.82) is 0 Å². The number of nitrogens with one attached hydrogen (secondary N) is 2. The lowest BCUT2D eigenvalue weighted by molar-refractivity contribution is 0.244. The largest absolute Gasteiger partial charge is 0.338 e. The highest BCUT2D eigenvalue weighted by Gasteiger charge is 2.01. The second kappa shape index (κ2) is 6.61. The van der Waals surface area contributed by atoms with E-state index >= 15 is 0 Å². The minimum Gasteiger partial charge on any atom is -0.338 e. The summed E-state index contributed by atoms with van der Waals surface area (Å²) in [7, 11) is 0. The predicted octanol–water partition coefficient (Wildman–Crippen LogP) is 2.20. The molecule has 0 fully saturated rings. The van der Waals surface area contributed by atoms with Gasteiger partial charge in [-0.3, -0.25) is 0 Å². The number of carbonyl (C=O) groups is 1. The summed E-state index contributed by atoms with van der Waals surface area (Å²) in [6, 6.07) is 6.26. The van der Waals surface area contributed by atoms with Crippen LogP contribution in [-0.4, -0.2) is 12.6 Å². The normalized spacial score (nSPS) is 10.4. The van der Waals surface area contributed by atoms with Gasteiger partial charge in [-0.25, -0.2) is 9.18 Å². The molecule has 1 aromatic carbocycles. The van der Waals surface area contributed by atoms with E-state index in [1.807, 2.05) is 0 Å². The van der Waals surface area contributed by atoms with Crippen molar-refractivity contribution in [2.24, 2.45) is 0 Å². The van der Waals surface area contributed by atoms with Gasteiger partial charge in [0.1, 0.15) is 5.82 Å². The zero-order valence-electron chi connectivity index (χ0n) is 9.16. The van der Waals surface area contributed by atoms with E-state index in [0.717, 1.165) is 0 Å². The molecule has 0 saturated heterocycles. The fourth-order valence-electron chi connectivity index (χ4n) is 1.22. The predicted molar refractivity (Wildman–Crippen MR) is 61.5 cm³/mol. The highest BCUT2D eigenvalue weighted by molar-refractivity contribution is 5.74. The lowest BCUT2D eigenvalue weighted by atomic mass is 10.1. The molecule has 1 rings (SSSR count). The van der Waals surface area contributed by atoms with Gasteiger partial charge in [0.15, 0.2) is 0 Å². The smallest absolute Gasteiger partial charge is 0.318 e. The number of hydrogen-bond acceptors (Lipinski definition) is 1. The van der Waals surface area contributed by atoms with Gasteiger partial charge in [-0.05, 0) is 25.0 Å². The molecular formula is C12H15FN2O. The summed E-state index contributed by atoms with van der Waals surface area (Å²) >= 11 is 0. The van der Waals surface area contributed by atoms with Gasteiger partial charge in [0.25, 0.3) is 0 Å². The molecule has 0 saturated carbocycles. The van der Waals surface area contributed by atoms with Gasteiger partial charge in [0.2, 0.25) is 0 Å². The standard InChI is InChI=1S/C12H15FN2O/c1-2-8-14-12(16)15-9-7-10-5-3-4-6-11(10)13/h2-6,8H,7,9H2,1H3,(H2,14,15,16)/b8-2+. The van der Waals surface area contributed by atoms with Crippen molar-refractivity contribution in [2.75, 3.05) is 6.54 Å². The maximum atomic E-state index is 13.2. The SMILES string of the molecule is C/C=C/NC(=O)NCCc1ccccc1F. The molecule has 0 aliphatic carbocycles. The summed E-state index contributed by atoms with van der Waals surface area (Å²) in [6.07, 6.45) is 3.74. The maximum absolute atomic E-state index is 13.2. The summed E-state index contributed by atoms with van der Waals surface area (Å²) in [5, 5.41) is 5.13. The minimum absolute atomic E-state index is 0.238. The number of urea groups is 1. The van der Waals surface area contributed by atoms with Crippen LogP contribution < -0.4 is 10.6 Å². The lowest BCUT2D eigenvalue weighted by Crippen LogP contribution is -2.33. The zero-order chi connectivity index (χ0) is 11.8. The second-order valence-corrected chi connectivity index (χ2v) is 3.24. The summed E-state index contributed by atoms with van der Waals surface area (Å²) in [5.41, 5.74) is 0.605. The number of carbonyl (C=O) groups excluding carboxylic acids is 1. The Hall–Kier alpha value is -1.84. The molecule has 0 aromatic heterocycles. The van der Waals surface area contributed by atoms with Crippen LogP contribution in [0.1, 0.15) is 12.5 Å². The van der Waals surface area contributed by atoms with Crippen molar-refractivity contribution >= 4 is 6.03 Å². The van der Waals surface area contributed by atoms with Crippen LogP contribution in [0, 0.1) is 5.82 Å². The van der Waals surface area contributed by atoms with Crippen LogP contribution in [0.4, 0.5) is 9.18 Å². The van der Waals surface area contributed by atoms with Crippen molar-refractivity contribution in [1.82, 2.24) is 10.6 Å². The monoisotopic (exact) mass is 222 g/mol. The Balaban J connectivity index is 2.31. The van der Waals surface area contributed by atoms with E-state index < -0.39 is 0 Å². The van der Waals surface area contributed by atoms with Gasteiger partial charge >= 0.3 is 6.03 Å². The summed E-state index contributed by atoms with van der Waals surface area (Å²) in [5.74, 6) is -0.238. The van der Waals surface area contributed by atoms with Crippen LogP contribution in [0.5, 0.6) is 0 Å². The lowest BCUT2D eigenvalue weighted by Gasteiger charge is -2.05. The number of hydrogen-bond donors (Lipinski definition) is 2. The molecular weight excluding hydrogens is 207 g/mol. The second-order valence-electron chi connectivity index (χ2n) is 3.24. The maximum Gasteiger partial charge on any atom is 0.318 e. The highest BCUT2D eigenvalue weighted by Crippen LogP contribution is 2.05. The van der Waals surface area contributed by atoms with E-state index in [1.165, 1.54) is 6.07 Å². The number of amides is 2. The molecule has 1 aromatic rings. The average Bonchev–Trinajstić information content (AvgIpc) is 2.29. The van der Waals surface area contributed by atoms with Crippen LogP contribution in [0.25, 0.3) is 0 Å². The van der Waals surface area contributed by atoms with E-state index in [-0.39, 0.29) is 11.8 Å². The first-order valence-electron chi connectivity index (χ1n) is 5.13. The molecule has 2 amide bonds. The van der Waals surface area contributed by atoms with Gasteiger partial charge in [-0.1, -0.05) is 24.3 Å². The third kappa shape index (κ3) is 4.13. The van der Waals surface area contributed by atoms with Gasteiger partial charge in [-0.15, -0.1) is 0 Å². The Morgan fingerprint density at radius 3 is 2.88 bits per heavy atom. The van der Waals surface area contributed by atoms with Crippen molar-refractivity contribution in [3.63, 3.8) is 0 Å². The average molecular weight is 222 g/mol. The topological polar surface area (TPSA) is 41.1 Å². The Kier molecular flexibility index (Phi) is 5.05. The summed E-state index contributed by atoms with van der Waals surface area (Å²) < 4.78 is 13.2. The molecule has 0 aliphatic heterocycles. The van der Waals surface area contributed by atoms with Crippen LogP contribution in [0.15, 0.2) is 36.5 Å². The van der Waals surface area contributed by atoms with E-state index in [2.05, 4.69) is 10.6 Å². The van der Waals surface area contributed by atoms with Crippen LogP contribution >= 0.6 is 0 Å². The highest BCUT2D eigenvalue weighted by atomic mass is 19.1. The van der Waals surface area contributed by atoms with Crippen LogP contribution in [-0.2, 0) is 6.42 Å². The molecule has 4 heteroatoms. The van der Waals surface area contributed by atoms with Gasteiger partial charge < -0.3 is 10.6 Å². The van der Waals surface area contributed by atoms with E-state index in [1.54, 1.807) is 37.4 Å². The van der Waals surface area contributed by atoms with Crippen LogP contribution in [0.3, 0.4) is 0 Å². The van der Waals surface area contributed by atoms with Crippen molar-refractivity contribution in [2.45, 2.75) is 13.3 Å². The number of halogens is 1.